The van der Waals surface area contributed by atoms with E-state index >= 15 is 0 Å². The van der Waals surface area contributed by atoms with Gasteiger partial charge in [0.05, 0.1) is 12.2 Å². The molecule has 0 aliphatic heterocycles. The quantitative estimate of drug-likeness (QED) is 0.413. The first-order chi connectivity index (χ1) is 13.8. The van der Waals surface area contributed by atoms with Crippen molar-refractivity contribution in [3.8, 4) is 5.75 Å². The van der Waals surface area contributed by atoms with Crippen molar-refractivity contribution in [3.63, 3.8) is 0 Å². The number of aryl methyl sites for hydroxylation is 2. The summed E-state index contributed by atoms with van der Waals surface area (Å²) in [4.78, 5) is 19.5. The summed E-state index contributed by atoms with van der Waals surface area (Å²) in [6, 6.07) is 13.6. The lowest BCUT2D eigenvalue weighted by molar-refractivity contribution is 0.0688. The van der Waals surface area contributed by atoms with Crippen LogP contribution < -0.4 is 4.74 Å². The lowest BCUT2D eigenvalue weighted by atomic mass is 10.1. The SMILES string of the molecule is Cc1ccc(OCc2nc(CN(C(=O)c3cccc(Br)c3)C(C)C)cs2)cc1C. The van der Waals surface area contributed by atoms with E-state index in [-0.39, 0.29) is 11.9 Å². The van der Waals surface area contributed by atoms with Gasteiger partial charge in [-0.2, -0.15) is 0 Å². The Bertz CT molecular complexity index is 1000. The largest absolute Gasteiger partial charge is 0.486 e. The van der Waals surface area contributed by atoms with E-state index in [2.05, 4.69) is 40.8 Å². The number of ether oxygens (including phenoxy) is 1. The molecular weight excluding hydrogens is 448 g/mol. The van der Waals surface area contributed by atoms with Crippen LogP contribution in [-0.4, -0.2) is 21.8 Å². The molecule has 2 aromatic carbocycles. The number of amides is 1. The highest BCUT2D eigenvalue weighted by Crippen LogP contribution is 2.21. The topological polar surface area (TPSA) is 42.4 Å². The standard InChI is InChI=1S/C23H25BrN2O2S/c1-15(2)26(23(27)18-6-5-7-19(24)11-18)12-20-14-29-22(25-20)13-28-21-9-8-16(3)17(4)10-21/h5-11,14-15H,12-13H2,1-4H3. The predicted octanol–water partition coefficient (Wildman–Crippen LogP) is 6.15. The Labute approximate surface area is 184 Å². The highest BCUT2D eigenvalue weighted by Gasteiger charge is 2.20. The predicted molar refractivity (Wildman–Crippen MR) is 122 cm³/mol. The van der Waals surface area contributed by atoms with Crippen molar-refractivity contribution in [3.05, 3.63) is 79.7 Å². The molecule has 0 aliphatic carbocycles. The highest BCUT2D eigenvalue weighted by molar-refractivity contribution is 9.10. The second kappa shape index (κ2) is 9.55. The zero-order valence-electron chi connectivity index (χ0n) is 17.1. The van der Waals surface area contributed by atoms with Crippen LogP contribution in [0.25, 0.3) is 0 Å². The number of halogens is 1. The van der Waals surface area contributed by atoms with Gasteiger partial charge < -0.3 is 9.64 Å². The summed E-state index contributed by atoms with van der Waals surface area (Å²) in [5.41, 5.74) is 4.01. The van der Waals surface area contributed by atoms with Crippen molar-refractivity contribution in [2.24, 2.45) is 0 Å². The highest BCUT2D eigenvalue weighted by atomic mass is 79.9. The number of rotatable bonds is 7. The van der Waals surface area contributed by atoms with Crippen molar-refractivity contribution >= 4 is 33.2 Å². The number of thiazole rings is 1. The first-order valence-corrected chi connectivity index (χ1v) is 11.2. The molecule has 3 aromatic rings. The zero-order chi connectivity index (χ0) is 21.0. The number of benzene rings is 2. The lowest BCUT2D eigenvalue weighted by Crippen LogP contribution is -2.36. The average Bonchev–Trinajstić information content (AvgIpc) is 3.14. The van der Waals surface area contributed by atoms with Crippen LogP contribution in [0.3, 0.4) is 0 Å². The van der Waals surface area contributed by atoms with Gasteiger partial charge in [-0.15, -0.1) is 11.3 Å². The van der Waals surface area contributed by atoms with Crippen molar-refractivity contribution < 1.29 is 9.53 Å². The van der Waals surface area contributed by atoms with Crippen molar-refractivity contribution in [1.82, 2.24) is 9.88 Å². The molecular formula is C23H25BrN2O2S. The van der Waals surface area contributed by atoms with E-state index in [1.165, 1.54) is 11.1 Å². The molecule has 4 nitrogen and oxygen atoms in total. The van der Waals surface area contributed by atoms with Gasteiger partial charge >= 0.3 is 0 Å². The molecule has 0 N–H and O–H groups in total. The van der Waals surface area contributed by atoms with Crippen LogP contribution in [0.15, 0.2) is 52.3 Å². The molecule has 152 valence electrons. The summed E-state index contributed by atoms with van der Waals surface area (Å²) in [5.74, 6) is 0.848. The van der Waals surface area contributed by atoms with E-state index < -0.39 is 0 Å². The molecule has 1 amide bonds. The van der Waals surface area contributed by atoms with E-state index in [0.29, 0.717) is 18.7 Å². The molecule has 0 spiro atoms. The number of carbonyl (C=O) groups is 1. The summed E-state index contributed by atoms with van der Waals surface area (Å²) < 4.78 is 6.78. The molecule has 0 unspecified atom stereocenters. The molecule has 0 atom stereocenters. The maximum Gasteiger partial charge on any atom is 0.254 e. The van der Waals surface area contributed by atoms with Gasteiger partial charge in [-0.25, -0.2) is 4.98 Å². The molecule has 0 aliphatic rings. The Balaban J connectivity index is 1.66. The molecule has 0 bridgehead atoms. The smallest absolute Gasteiger partial charge is 0.254 e. The Hall–Kier alpha value is -2.18. The monoisotopic (exact) mass is 472 g/mol. The van der Waals surface area contributed by atoms with Crippen LogP contribution >= 0.6 is 27.3 Å². The van der Waals surface area contributed by atoms with Gasteiger partial charge in [0, 0.05) is 21.5 Å². The summed E-state index contributed by atoms with van der Waals surface area (Å²) in [5, 5.41) is 2.90. The average molecular weight is 473 g/mol. The molecule has 3 rings (SSSR count). The molecule has 0 saturated carbocycles. The second-order valence-electron chi connectivity index (χ2n) is 7.30. The molecule has 1 heterocycles. The number of aromatic nitrogens is 1. The summed E-state index contributed by atoms with van der Waals surface area (Å²) in [6.45, 7) is 9.10. The second-order valence-corrected chi connectivity index (χ2v) is 9.16. The first-order valence-electron chi connectivity index (χ1n) is 9.53. The van der Waals surface area contributed by atoms with Gasteiger partial charge in [0.15, 0.2) is 0 Å². The Kier molecular flexibility index (Phi) is 7.09. The van der Waals surface area contributed by atoms with Crippen LogP contribution in [-0.2, 0) is 13.2 Å². The van der Waals surface area contributed by atoms with Gasteiger partial charge in [0.1, 0.15) is 17.4 Å². The van der Waals surface area contributed by atoms with Crippen molar-refractivity contribution in [2.45, 2.75) is 46.9 Å². The number of carbonyl (C=O) groups excluding carboxylic acids is 1. The lowest BCUT2D eigenvalue weighted by Gasteiger charge is -2.26. The molecule has 0 fully saturated rings. The van der Waals surface area contributed by atoms with Crippen LogP contribution in [0.2, 0.25) is 0 Å². The minimum atomic E-state index is 0.00207. The molecule has 0 radical (unpaired) electrons. The maximum atomic E-state index is 13.0. The van der Waals surface area contributed by atoms with Gasteiger partial charge in [0.2, 0.25) is 0 Å². The third kappa shape index (κ3) is 5.67. The van der Waals surface area contributed by atoms with Crippen LogP contribution in [0.4, 0.5) is 0 Å². The van der Waals surface area contributed by atoms with E-state index in [0.717, 1.165) is 20.9 Å². The zero-order valence-corrected chi connectivity index (χ0v) is 19.5. The van der Waals surface area contributed by atoms with Crippen LogP contribution in [0.1, 0.15) is 46.0 Å². The molecule has 1 aromatic heterocycles. The van der Waals surface area contributed by atoms with Gasteiger partial charge in [-0.3, -0.25) is 4.79 Å². The third-order valence-corrected chi connectivity index (χ3v) is 6.09. The van der Waals surface area contributed by atoms with Crippen molar-refractivity contribution in [1.29, 1.82) is 0 Å². The number of hydrogen-bond acceptors (Lipinski definition) is 4. The molecule has 6 heteroatoms. The Morgan fingerprint density at radius 1 is 1.17 bits per heavy atom. The maximum absolute atomic E-state index is 13.0. The van der Waals surface area contributed by atoms with Gasteiger partial charge in [0.25, 0.3) is 5.91 Å². The van der Waals surface area contributed by atoms with Gasteiger partial charge in [-0.1, -0.05) is 28.1 Å². The Morgan fingerprint density at radius 2 is 1.97 bits per heavy atom. The normalized spacial score (nSPS) is 11.0. The summed E-state index contributed by atoms with van der Waals surface area (Å²) in [7, 11) is 0. The fraction of sp³-hybridized carbons (Fsp3) is 0.304. The van der Waals surface area contributed by atoms with Crippen LogP contribution in [0.5, 0.6) is 5.75 Å². The van der Waals surface area contributed by atoms with Crippen molar-refractivity contribution in [2.75, 3.05) is 0 Å². The Morgan fingerprint density at radius 3 is 2.66 bits per heavy atom. The third-order valence-electron chi connectivity index (χ3n) is 4.73. The van der Waals surface area contributed by atoms with Crippen LogP contribution in [0, 0.1) is 13.8 Å². The van der Waals surface area contributed by atoms with E-state index in [1.807, 2.05) is 60.5 Å². The van der Waals surface area contributed by atoms with E-state index in [4.69, 9.17) is 4.74 Å². The summed E-state index contributed by atoms with van der Waals surface area (Å²) in [6.07, 6.45) is 0. The molecule has 0 saturated heterocycles. The first kappa shape index (κ1) is 21.5. The van der Waals surface area contributed by atoms with Gasteiger partial charge in [-0.05, 0) is 69.2 Å². The fourth-order valence-electron chi connectivity index (χ4n) is 2.89. The molecule has 29 heavy (non-hydrogen) atoms. The number of hydrogen-bond donors (Lipinski definition) is 0. The van der Waals surface area contributed by atoms with E-state index in [9.17, 15) is 4.79 Å². The fourth-order valence-corrected chi connectivity index (χ4v) is 3.98. The summed E-state index contributed by atoms with van der Waals surface area (Å²) >= 11 is 4.99. The minimum Gasteiger partial charge on any atom is -0.486 e. The number of nitrogens with zero attached hydrogens (tertiary/aromatic N) is 2. The minimum absolute atomic E-state index is 0.00207. The van der Waals surface area contributed by atoms with E-state index in [1.54, 1.807) is 11.3 Å².